The van der Waals surface area contributed by atoms with Crippen molar-refractivity contribution in [1.82, 2.24) is 4.90 Å². The molecule has 1 amide bonds. The molecule has 0 bridgehead atoms. The SMILES string of the molecule is CCCC(C)(N)C(=O)N1CCC(Nc2cccc(C(=O)OC)c2)CC1.Cl. The first-order valence-electron chi connectivity index (χ1n) is 8.90. The fraction of sp³-hybridized carbons (Fsp3) is 0.579. The lowest BCUT2D eigenvalue weighted by atomic mass is 9.94. The van der Waals surface area contributed by atoms with E-state index in [9.17, 15) is 9.59 Å². The van der Waals surface area contributed by atoms with Crippen LogP contribution in [0.5, 0.6) is 0 Å². The summed E-state index contributed by atoms with van der Waals surface area (Å²) in [5, 5.41) is 3.45. The monoisotopic (exact) mass is 383 g/mol. The summed E-state index contributed by atoms with van der Waals surface area (Å²) in [6, 6.07) is 7.56. The van der Waals surface area contributed by atoms with Gasteiger partial charge in [0.1, 0.15) is 0 Å². The third-order valence-corrected chi connectivity index (χ3v) is 4.69. The highest BCUT2D eigenvalue weighted by atomic mass is 35.5. The first kappa shape index (κ1) is 22.3. The van der Waals surface area contributed by atoms with E-state index in [1.54, 1.807) is 12.1 Å². The van der Waals surface area contributed by atoms with Gasteiger partial charge in [-0.05, 0) is 44.4 Å². The van der Waals surface area contributed by atoms with Gasteiger partial charge in [0.15, 0.2) is 0 Å². The van der Waals surface area contributed by atoms with E-state index in [0.717, 1.165) is 24.9 Å². The van der Waals surface area contributed by atoms with Gasteiger partial charge in [-0.15, -0.1) is 12.4 Å². The minimum atomic E-state index is -0.774. The van der Waals surface area contributed by atoms with E-state index < -0.39 is 5.54 Å². The molecule has 1 aliphatic rings. The van der Waals surface area contributed by atoms with Gasteiger partial charge in [-0.2, -0.15) is 0 Å². The fourth-order valence-electron chi connectivity index (χ4n) is 3.30. The summed E-state index contributed by atoms with van der Waals surface area (Å²) in [5.41, 5.74) is 6.81. The summed E-state index contributed by atoms with van der Waals surface area (Å²) in [6.45, 7) is 5.26. The Kier molecular flexibility index (Phi) is 8.37. The van der Waals surface area contributed by atoms with Gasteiger partial charge in [-0.3, -0.25) is 4.79 Å². The van der Waals surface area contributed by atoms with Crippen molar-refractivity contribution in [3.63, 3.8) is 0 Å². The van der Waals surface area contributed by atoms with Crippen molar-refractivity contribution >= 4 is 30.0 Å². The van der Waals surface area contributed by atoms with Gasteiger partial charge in [0.2, 0.25) is 5.91 Å². The minimum Gasteiger partial charge on any atom is -0.465 e. The summed E-state index contributed by atoms with van der Waals surface area (Å²) < 4.78 is 4.75. The maximum Gasteiger partial charge on any atom is 0.337 e. The Morgan fingerprint density at radius 3 is 2.58 bits per heavy atom. The maximum absolute atomic E-state index is 12.6. The Bertz CT molecular complexity index is 614. The number of methoxy groups -OCH3 is 1. The normalized spacial score (nSPS) is 17.0. The first-order chi connectivity index (χ1) is 11.9. The Balaban J connectivity index is 0.00000338. The lowest BCUT2D eigenvalue weighted by molar-refractivity contribution is -0.137. The van der Waals surface area contributed by atoms with Crippen molar-refractivity contribution in [3.8, 4) is 0 Å². The van der Waals surface area contributed by atoms with E-state index in [2.05, 4.69) is 5.32 Å². The zero-order valence-corrected chi connectivity index (χ0v) is 16.6. The number of benzene rings is 1. The van der Waals surface area contributed by atoms with Gasteiger partial charge in [0.25, 0.3) is 0 Å². The Labute approximate surface area is 161 Å². The van der Waals surface area contributed by atoms with E-state index in [1.807, 2.05) is 30.9 Å². The van der Waals surface area contributed by atoms with Gasteiger partial charge >= 0.3 is 5.97 Å². The van der Waals surface area contributed by atoms with Crippen molar-refractivity contribution < 1.29 is 14.3 Å². The maximum atomic E-state index is 12.6. The number of amides is 1. The van der Waals surface area contributed by atoms with E-state index in [4.69, 9.17) is 10.5 Å². The molecule has 1 saturated heterocycles. The van der Waals surface area contributed by atoms with Crippen LogP contribution in [0.1, 0.15) is 49.9 Å². The van der Waals surface area contributed by atoms with Crippen molar-refractivity contribution in [1.29, 1.82) is 0 Å². The summed E-state index contributed by atoms with van der Waals surface area (Å²) in [4.78, 5) is 26.0. The van der Waals surface area contributed by atoms with Gasteiger partial charge in [-0.1, -0.05) is 19.4 Å². The lowest BCUT2D eigenvalue weighted by Crippen LogP contribution is -2.55. The van der Waals surface area contributed by atoms with Crippen LogP contribution in [-0.4, -0.2) is 48.6 Å². The van der Waals surface area contributed by atoms with Crippen molar-refractivity contribution in [2.45, 2.75) is 51.1 Å². The molecule has 146 valence electrons. The molecule has 1 heterocycles. The molecule has 0 spiro atoms. The Morgan fingerprint density at radius 2 is 2.00 bits per heavy atom. The number of hydrogen-bond acceptors (Lipinski definition) is 5. The summed E-state index contributed by atoms with van der Waals surface area (Å²) >= 11 is 0. The van der Waals surface area contributed by atoms with Crippen LogP contribution in [0.25, 0.3) is 0 Å². The number of nitrogens with zero attached hydrogens (tertiary/aromatic N) is 1. The van der Waals surface area contributed by atoms with Crippen molar-refractivity contribution in [3.05, 3.63) is 29.8 Å². The molecule has 6 nitrogen and oxygen atoms in total. The molecule has 3 N–H and O–H groups in total. The summed E-state index contributed by atoms with van der Waals surface area (Å²) in [6.07, 6.45) is 3.31. The molecule has 1 aromatic rings. The van der Waals surface area contributed by atoms with Crippen LogP contribution in [0.3, 0.4) is 0 Å². The molecule has 1 aromatic carbocycles. The predicted molar refractivity (Wildman–Crippen MR) is 106 cm³/mol. The third-order valence-electron chi connectivity index (χ3n) is 4.69. The van der Waals surface area contributed by atoms with Gasteiger partial charge < -0.3 is 20.7 Å². The van der Waals surface area contributed by atoms with Crippen LogP contribution < -0.4 is 11.1 Å². The van der Waals surface area contributed by atoms with Crippen molar-refractivity contribution in [2.24, 2.45) is 5.73 Å². The zero-order valence-electron chi connectivity index (χ0n) is 15.8. The van der Waals surface area contributed by atoms with E-state index in [0.29, 0.717) is 25.1 Å². The standard InChI is InChI=1S/C19H29N3O3.ClH/c1-4-10-19(2,20)18(24)22-11-8-15(9-12-22)21-16-7-5-6-14(13-16)17(23)25-3;/h5-7,13,15,21H,4,8-12,20H2,1-3H3;1H. The molecule has 0 saturated carbocycles. The predicted octanol–water partition coefficient (Wildman–Crippen LogP) is 2.82. The third kappa shape index (κ3) is 5.61. The quantitative estimate of drug-likeness (QED) is 0.738. The number of esters is 1. The van der Waals surface area contributed by atoms with Crippen LogP contribution in [0, 0.1) is 0 Å². The number of likely N-dealkylation sites (tertiary alicyclic amines) is 1. The fourth-order valence-corrected chi connectivity index (χ4v) is 3.30. The van der Waals surface area contributed by atoms with E-state index in [-0.39, 0.29) is 30.3 Å². The number of ether oxygens (including phenoxy) is 1. The molecule has 26 heavy (non-hydrogen) atoms. The average Bonchev–Trinajstić information content (AvgIpc) is 2.61. The lowest BCUT2D eigenvalue weighted by Gasteiger charge is -2.37. The minimum absolute atomic E-state index is 0. The molecule has 1 fully saturated rings. The number of carbonyl (C=O) groups excluding carboxylic acids is 2. The highest BCUT2D eigenvalue weighted by Crippen LogP contribution is 2.21. The molecular weight excluding hydrogens is 354 g/mol. The van der Waals surface area contributed by atoms with E-state index in [1.165, 1.54) is 7.11 Å². The number of halogens is 1. The second-order valence-electron chi connectivity index (χ2n) is 6.95. The number of nitrogens with one attached hydrogen (secondary N) is 1. The van der Waals surface area contributed by atoms with Gasteiger partial charge in [-0.25, -0.2) is 4.79 Å². The van der Waals surface area contributed by atoms with Crippen LogP contribution in [0.15, 0.2) is 24.3 Å². The number of nitrogens with two attached hydrogens (primary N) is 1. The second-order valence-corrected chi connectivity index (χ2v) is 6.95. The number of carbonyl (C=O) groups is 2. The smallest absolute Gasteiger partial charge is 0.337 e. The molecule has 1 unspecified atom stereocenters. The number of rotatable bonds is 6. The summed E-state index contributed by atoms with van der Waals surface area (Å²) in [7, 11) is 1.37. The number of piperidine rings is 1. The highest BCUT2D eigenvalue weighted by Gasteiger charge is 2.33. The van der Waals surface area contributed by atoms with Gasteiger partial charge in [0.05, 0.1) is 18.2 Å². The molecule has 0 aromatic heterocycles. The second kappa shape index (κ2) is 9.78. The average molecular weight is 384 g/mol. The molecule has 0 aliphatic carbocycles. The van der Waals surface area contributed by atoms with E-state index >= 15 is 0 Å². The molecule has 0 radical (unpaired) electrons. The summed E-state index contributed by atoms with van der Waals surface area (Å²) in [5.74, 6) is -0.303. The van der Waals surface area contributed by atoms with Gasteiger partial charge in [0, 0.05) is 24.8 Å². The number of anilines is 1. The molecule has 1 aliphatic heterocycles. The Hall–Kier alpha value is -1.79. The highest BCUT2D eigenvalue weighted by molar-refractivity contribution is 5.90. The van der Waals surface area contributed by atoms with Crippen LogP contribution in [-0.2, 0) is 9.53 Å². The topological polar surface area (TPSA) is 84.7 Å². The number of hydrogen-bond donors (Lipinski definition) is 2. The molecule has 1 atom stereocenters. The van der Waals surface area contributed by atoms with Crippen LogP contribution in [0.2, 0.25) is 0 Å². The molecule has 2 rings (SSSR count). The van der Waals surface area contributed by atoms with Crippen LogP contribution >= 0.6 is 12.4 Å². The molecule has 7 heteroatoms. The Morgan fingerprint density at radius 1 is 1.35 bits per heavy atom. The largest absolute Gasteiger partial charge is 0.465 e. The zero-order chi connectivity index (χ0) is 18.4. The van der Waals surface area contributed by atoms with Crippen LogP contribution in [0.4, 0.5) is 5.69 Å². The molecular formula is C19H30ClN3O3. The first-order valence-corrected chi connectivity index (χ1v) is 8.90. The van der Waals surface area contributed by atoms with Crippen molar-refractivity contribution in [2.75, 3.05) is 25.5 Å².